The molecule has 20 heavy (non-hydrogen) atoms. The first kappa shape index (κ1) is 16.6. The van der Waals surface area contributed by atoms with Gasteiger partial charge < -0.3 is 9.47 Å². The van der Waals surface area contributed by atoms with E-state index in [1.165, 1.54) is 12.1 Å². The summed E-state index contributed by atoms with van der Waals surface area (Å²) in [6.07, 6.45) is 0.265. The minimum absolute atomic E-state index is 0.177. The molecule has 0 fully saturated rings. The fourth-order valence-electron chi connectivity index (χ4n) is 1.45. The van der Waals surface area contributed by atoms with Gasteiger partial charge in [0, 0.05) is 13.7 Å². The predicted molar refractivity (Wildman–Crippen MR) is 73.6 cm³/mol. The number of sulfonamides is 1. The maximum Gasteiger partial charge on any atom is 0.240 e. The Morgan fingerprint density at radius 3 is 2.50 bits per heavy atom. The minimum atomic E-state index is -3.53. The molecule has 0 aliphatic carbocycles. The molecule has 0 aromatic heterocycles. The van der Waals surface area contributed by atoms with Crippen LogP contribution in [0, 0.1) is 11.3 Å². The Morgan fingerprint density at radius 2 is 1.90 bits per heavy atom. The number of nitriles is 1. The molecule has 6 nitrogen and oxygen atoms in total. The van der Waals surface area contributed by atoms with Gasteiger partial charge in [0.1, 0.15) is 0 Å². The molecule has 0 heterocycles. The highest BCUT2D eigenvalue weighted by Crippen LogP contribution is 2.10. The molecule has 1 aromatic carbocycles. The molecule has 0 aliphatic heterocycles. The molecule has 1 aromatic rings. The maximum absolute atomic E-state index is 11.9. The Balaban J connectivity index is 2.46. The molecule has 0 radical (unpaired) electrons. The molecule has 0 atom stereocenters. The Kier molecular flexibility index (Phi) is 7.18. The third-order valence-electron chi connectivity index (χ3n) is 2.49. The third-order valence-corrected chi connectivity index (χ3v) is 3.96. The van der Waals surface area contributed by atoms with Crippen molar-refractivity contribution in [3.05, 3.63) is 29.8 Å². The molecular formula is C13H18N2O4S. The summed E-state index contributed by atoms with van der Waals surface area (Å²) in [4.78, 5) is 0.177. The van der Waals surface area contributed by atoms with E-state index < -0.39 is 10.0 Å². The SMILES string of the molecule is COCCOCCNS(=O)(=O)c1ccc(CC#N)cc1. The fraction of sp³-hybridized carbons (Fsp3) is 0.462. The van der Waals surface area contributed by atoms with Crippen LogP contribution in [-0.4, -0.2) is 41.9 Å². The second-order valence-corrected chi connectivity index (χ2v) is 5.75. The molecule has 0 amide bonds. The first-order valence-corrected chi connectivity index (χ1v) is 7.60. The second kappa shape index (κ2) is 8.66. The van der Waals surface area contributed by atoms with Gasteiger partial charge in [0.15, 0.2) is 0 Å². The van der Waals surface area contributed by atoms with Gasteiger partial charge in [0.05, 0.1) is 37.2 Å². The Hall–Kier alpha value is -1.46. The van der Waals surface area contributed by atoms with Crippen molar-refractivity contribution in [1.29, 1.82) is 5.26 Å². The van der Waals surface area contributed by atoms with Crippen LogP contribution in [0.15, 0.2) is 29.2 Å². The summed E-state index contributed by atoms with van der Waals surface area (Å²) in [5.74, 6) is 0. The van der Waals surface area contributed by atoms with Crippen molar-refractivity contribution >= 4 is 10.0 Å². The zero-order valence-electron chi connectivity index (χ0n) is 11.3. The quantitative estimate of drug-likeness (QED) is 0.678. The van der Waals surface area contributed by atoms with E-state index >= 15 is 0 Å². The lowest BCUT2D eigenvalue weighted by molar-refractivity contribution is 0.0736. The van der Waals surface area contributed by atoms with Crippen molar-refractivity contribution < 1.29 is 17.9 Å². The average molecular weight is 298 g/mol. The average Bonchev–Trinajstić information content (AvgIpc) is 2.44. The van der Waals surface area contributed by atoms with Crippen molar-refractivity contribution in [2.45, 2.75) is 11.3 Å². The molecular weight excluding hydrogens is 280 g/mol. The van der Waals surface area contributed by atoms with Gasteiger partial charge in [-0.3, -0.25) is 0 Å². The highest BCUT2D eigenvalue weighted by molar-refractivity contribution is 7.89. The van der Waals surface area contributed by atoms with E-state index in [9.17, 15) is 8.42 Å². The summed E-state index contributed by atoms with van der Waals surface area (Å²) >= 11 is 0. The molecule has 1 N–H and O–H groups in total. The van der Waals surface area contributed by atoms with Gasteiger partial charge in [-0.05, 0) is 17.7 Å². The Labute approximate surface area is 119 Å². The van der Waals surface area contributed by atoms with E-state index in [0.717, 1.165) is 5.56 Å². The van der Waals surface area contributed by atoms with Crippen molar-refractivity contribution in [1.82, 2.24) is 4.72 Å². The first-order chi connectivity index (χ1) is 9.60. The molecule has 0 saturated carbocycles. The van der Waals surface area contributed by atoms with Crippen LogP contribution in [0.4, 0.5) is 0 Å². The molecule has 0 unspecified atom stereocenters. The first-order valence-electron chi connectivity index (χ1n) is 6.12. The summed E-state index contributed by atoms with van der Waals surface area (Å²) in [7, 11) is -1.96. The molecule has 0 aliphatic rings. The number of rotatable bonds is 9. The summed E-state index contributed by atoms with van der Waals surface area (Å²) in [6.45, 7) is 1.40. The second-order valence-electron chi connectivity index (χ2n) is 3.98. The van der Waals surface area contributed by atoms with E-state index in [0.29, 0.717) is 13.2 Å². The van der Waals surface area contributed by atoms with Crippen LogP contribution in [-0.2, 0) is 25.9 Å². The van der Waals surface area contributed by atoms with Gasteiger partial charge >= 0.3 is 0 Å². The summed E-state index contributed by atoms with van der Waals surface area (Å²) in [5, 5.41) is 8.55. The van der Waals surface area contributed by atoms with Gasteiger partial charge in [-0.25, -0.2) is 13.1 Å². The normalized spacial score (nSPS) is 11.2. The zero-order chi connectivity index (χ0) is 14.8. The van der Waals surface area contributed by atoms with Crippen molar-refractivity contribution in [3.63, 3.8) is 0 Å². The van der Waals surface area contributed by atoms with Crippen LogP contribution < -0.4 is 4.72 Å². The van der Waals surface area contributed by atoms with E-state index in [1.807, 2.05) is 6.07 Å². The number of nitrogens with zero attached hydrogens (tertiary/aromatic N) is 1. The molecule has 0 saturated heterocycles. The van der Waals surface area contributed by atoms with Gasteiger partial charge in [-0.15, -0.1) is 0 Å². The van der Waals surface area contributed by atoms with Crippen LogP contribution in [0.5, 0.6) is 0 Å². The molecule has 0 spiro atoms. The fourth-order valence-corrected chi connectivity index (χ4v) is 2.47. The number of methoxy groups -OCH3 is 1. The van der Waals surface area contributed by atoms with E-state index in [1.54, 1.807) is 19.2 Å². The smallest absolute Gasteiger partial charge is 0.240 e. The van der Waals surface area contributed by atoms with E-state index in [4.69, 9.17) is 14.7 Å². The number of ether oxygens (including phenoxy) is 2. The Morgan fingerprint density at radius 1 is 1.20 bits per heavy atom. The third kappa shape index (κ3) is 5.67. The van der Waals surface area contributed by atoms with Gasteiger partial charge in [-0.2, -0.15) is 5.26 Å². The van der Waals surface area contributed by atoms with Crippen molar-refractivity contribution in [2.75, 3.05) is 33.5 Å². The summed E-state index contributed by atoms with van der Waals surface area (Å²) in [6, 6.07) is 8.25. The standard InChI is InChI=1S/C13H18N2O4S/c1-18-10-11-19-9-8-15-20(16,17)13-4-2-12(3-5-13)6-7-14/h2-5,15H,6,8-11H2,1H3. The van der Waals surface area contributed by atoms with Gasteiger partial charge in [-0.1, -0.05) is 12.1 Å². The number of benzene rings is 1. The Bertz CT molecular complexity index is 534. The molecule has 1 rings (SSSR count). The predicted octanol–water partition coefficient (Wildman–Crippen LogP) is 0.694. The summed E-state index contributed by atoms with van der Waals surface area (Å²) in [5.41, 5.74) is 0.786. The highest BCUT2D eigenvalue weighted by atomic mass is 32.2. The number of hydrogen-bond acceptors (Lipinski definition) is 5. The van der Waals surface area contributed by atoms with Crippen molar-refractivity contribution in [3.8, 4) is 6.07 Å². The lowest BCUT2D eigenvalue weighted by Crippen LogP contribution is -2.27. The number of hydrogen-bond donors (Lipinski definition) is 1. The van der Waals surface area contributed by atoms with E-state index in [-0.39, 0.29) is 24.5 Å². The van der Waals surface area contributed by atoms with Crippen LogP contribution in [0.2, 0.25) is 0 Å². The highest BCUT2D eigenvalue weighted by Gasteiger charge is 2.12. The molecule has 7 heteroatoms. The van der Waals surface area contributed by atoms with Crippen LogP contribution in [0.1, 0.15) is 5.56 Å². The molecule has 0 bridgehead atoms. The lowest BCUT2D eigenvalue weighted by Gasteiger charge is -2.07. The topological polar surface area (TPSA) is 88.4 Å². The minimum Gasteiger partial charge on any atom is -0.382 e. The summed E-state index contributed by atoms with van der Waals surface area (Å²) < 4.78 is 36.3. The largest absolute Gasteiger partial charge is 0.382 e. The van der Waals surface area contributed by atoms with Gasteiger partial charge in [0.2, 0.25) is 10.0 Å². The van der Waals surface area contributed by atoms with Crippen LogP contribution in [0.25, 0.3) is 0 Å². The monoisotopic (exact) mass is 298 g/mol. The number of nitrogens with one attached hydrogen (secondary N) is 1. The van der Waals surface area contributed by atoms with Crippen molar-refractivity contribution in [2.24, 2.45) is 0 Å². The lowest BCUT2D eigenvalue weighted by atomic mass is 10.2. The maximum atomic E-state index is 11.9. The van der Waals surface area contributed by atoms with E-state index in [2.05, 4.69) is 4.72 Å². The molecule has 110 valence electrons. The zero-order valence-corrected chi connectivity index (χ0v) is 12.1. The van der Waals surface area contributed by atoms with Gasteiger partial charge in [0.25, 0.3) is 0 Å². The van der Waals surface area contributed by atoms with Crippen LogP contribution in [0.3, 0.4) is 0 Å². The van der Waals surface area contributed by atoms with Crippen LogP contribution >= 0.6 is 0 Å².